The fourth-order valence-electron chi connectivity index (χ4n) is 2.66. The van der Waals surface area contributed by atoms with Crippen LogP contribution in [-0.4, -0.2) is 5.91 Å². The molecule has 3 rings (SSSR count). The van der Waals surface area contributed by atoms with Crippen molar-refractivity contribution in [2.45, 2.75) is 31.2 Å². The van der Waals surface area contributed by atoms with Crippen LogP contribution in [0.4, 0.5) is 0 Å². The number of amides is 1. The summed E-state index contributed by atoms with van der Waals surface area (Å²) in [6, 6.07) is 14.7. The average Bonchev–Trinajstić information content (AvgIpc) is 3.07. The Morgan fingerprint density at radius 1 is 1.22 bits per heavy atom. The van der Waals surface area contributed by atoms with Crippen molar-refractivity contribution in [2.75, 3.05) is 0 Å². The highest BCUT2D eigenvalue weighted by atomic mass is 32.1. The topological polar surface area (TPSA) is 29.1 Å². The zero-order valence-corrected chi connectivity index (χ0v) is 14.7. The number of rotatable bonds is 5. The molecule has 0 atom stereocenters. The minimum Gasteiger partial charge on any atom is -0.352 e. The summed E-state index contributed by atoms with van der Waals surface area (Å²) in [5.74, 6) is 0.101. The second-order valence-electron chi connectivity index (χ2n) is 5.54. The molecular formula is C19H19NOS2. The molecule has 0 aliphatic carbocycles. The first kappa shape index (κ1) is 16.1. The lowest BCUT2D eigenvalue weighted by Gasteiger charge is -2.11. The van der Waals surface area contributed by atoms with Crippen molar-refractivity contribution in [3.8, 4) is 10.4 Å². The Morgan fingerprint density at radius 3 is 2.83 bits per heavy atom. The number of hydrogen-bond acceptors (Lipinski definition) is 3. The molecule has 0 bridgehead atoms. The van der Waals surface area contributed by atoms with Gasteiger partial charge in [-0.05, 0) is 64.0 Å². The van der Waals surface area contributed by atoms with Gasteiger partial charge >= 0.3 is 0 Å². The SMILES string of the molecule is CCCC(=O)NCc1cc(-c2cccs2)cc2ccc(S)cc12. The molecule has 23 heavy (non-hydrogen) atoms. The van der Waals surface area contributed by atoms with Crippen LogP contribution in [0.15, 0.2) is 52.7 Å². The van der Waals surface area contributed by atoms with Gasteiger partial charge in [0.05, 0.1) is 0 Å². The molecule has 0 radical (unpaired) electrons. The highest BCUT2D eigenvalue weighted by Gasteiger charge is 2.08. The summed E-state index contributed by atoms with van der Waals surface area (Å²) in [7, 11) is 0. The molecule has 0 saturated carbocycles. The number of carbonyl (C=O) groups excluding carboxylic acids is 1. The van der Waals surface area contributed by atoms with E-state index in [1.165, 1.54) is 15.8 Å². The molecule has 0 fully saturated rings. The van der Waals surface area contributed by atoms with E-state index in [0.717, 1.165) is 22.3 Å². The van der Waals surface area contributed by atoms with Gasteiger partial charge < -0.3 is 5.32 Å². The van der Waals surface area contributed by atoms with Crippen molar-refractivity contribution in [1.82, 2.24) is 5.32 Å². The number of hydrogen-bond donors (Lipinski definition) is 2. The van der Waals surface area contributed by atoms with E-state index in [1.54, 1.807) is 11.3 Å². The average molecular weight is 342 g/mol. The van der Waals surface area contributed by atoms with E-state index in [1.807, 2.05) is 13.0 Å². The Hall–Kier alpha value is -1.78. The summed E-state index contributed by atoms with van der Waals surface area (Å²) in [4.78, 5) is 14.0. The van der Waals surface area contributed by atoms with Crippen molar-refractivity contribution in [1.29, 1.82) is 0 Å². The molecule has 1 aromatic heterocycles. The first-order valence-corrected chi connectivity index (χ1v) is 9.06. The van der Waals surface area contributed by atoms with E-state index in [9.17, 15) is 4.79 Å². The van der Waals surface area contributed by atoms with Crippen LogP contribution in [0.1, 0.15) is 25.3 Å². The molecule has 0 saturated heterocycles. The second-order valence-corrected chi connectivity index (χ2v) is 7.01. The van der Waals surface area contributed by atoms with E-state index in [0.29, 0.717) is 13.0 Å². The van der Waals surface area contributed by atoms with Gasteiger partial charge in [-0.2, -0.15) is 0 Å². The molecule has 3 aromatic rings. The lowest BCUT2D eigenvalue weighted by Crippen LogP contribution is -2.22. The number of fused-ring (bicyclic) bond motifs is 1. The molecule has 1 N–H and O–H groups in total. The summed E-state index contributed by atoms with van der Waals surface area (Å²) in [5, 5.41) is 7.43. The highest BCUT2D eigenvalue weighted by molar-refractivity contribution is 7.80. The molecule has 0 aliphatic heterocycles. The molecule has 0 aliphatic rings. The molecule has 118 valence electrons. The minimum absolute atomic E-state index is 0.101. The third-order valence-corrected chi connectivity index (χ3v) is 4.98. The molecule has 0 spiro atoms. The molecule has 0 unspecified atom stereocenters. The van der Waals surface area contributed by atoms with E-state index < -0.39 is 0 Å². The Bertz CT molecular complexity index is 825. The van der Waals surface area contributed by atoms with Crippen LogP contribution < -0.4 is 5.32 Å². The van der Waals surface area contributed by atoms with Gasteiger partial charge in [0.1, 0.15) is 0 Å². The number of benzene rings is 2. The Labute approximate surface area is 146 Å². The summed E-state index contributed by atoms with van der Waals surface area (Å²) < 4.78 is 0. The van der Waals surface area contributed by atoms with Crippen LogP contribution in [0.25, 0.3) is 21.2 Å². The third kappa shape index (κ3) is 3.77. The molecule has 4 heteroatoms. The molecule has 1 amide bonds. The van der Waals surface area contributed by atoms with Gasteiger partial charge in [0.2, 0.25) is 5.91 Å². The Kier molecular flexibility index (Phi) is 5.03. The van der Waals surface area contributed by atoms with Crippen LogP contribution in [0, 0.1) is 0 Å². The van der Waals surface area contributed by atoms with Gasteiger partial charge in [-0.25, -0.2) is 0 Å². The van der Waals surface area contributed by atoms with Crippen LogP contribution in [-0.2, 0) is 11.3 Å². The zero-order valence-electron chi connectivity index (χ0n) is 13.0. The van der Waals surface area contributed by atoms with E-state index in [2.05, 4.69) is 59.7 Å². The Balaban J connectivity index is 2.02. The van der Waals surface area contributed by atoms with Crippen LogP contribution in [0.3, 0.4) is 0 Å². The fourth-order valence-corrected chi connectivity index (χ4v) is 3.58. The fraction of sp³-hybridized carbons (Fsp3) is 0.211. The maximum absolute atomic E-state index is 11.8. The maximum Gasteiger partial charge on any atom is 0.220 e. The summed E-state index contributed by atoms with van der Waals surface area (Å²) in [6.45, 7) is 2.56. The first-order valence-electron chi connectivity index (χ1n) is 7.73. The normalized spacial score (nSPS) is 10.9. The van der Waals surface area contributed by atoms with E-state index >= 15 is 0 Å². The molecule has 2 nitrogen and oxygen atoms in total. The van der Waals surface area contributed by atoms with Gasteiger partial charge in [-0.3, -0.25) is 4.79 Å². The lowest BCUT2D eigenvalue weighted by atomic mass is 10.00. The standard InChI is InChI=1S/C19H19NOS2/c1-2-4-19(21)20-12-15-10-14(18-5-3-8-23-18)9-13-6-7-16(22)11-17(13)15/h3,5-11,22H,2,4,12H2,1H3,(H,20,21). The van der Waals surface area contributed by atoms with Crippen LogP contribution in [0.5, 0.6) is 0 Å². The van der Waals surface area contributed by atoms with E-state index in [-0.39, 0.29) is 5.91 Å². The van der Waals surface area contributed by atoms with Crippen LogP contribution in [0.2, 0.25) is 0 Å². The maximum atomic E-state index is 11.8. The minimum atomic E-state index is 0.101. The predicted octanol–water partition coefficient (Wildman–Crippen LogP) is 5.27. The van der Waals surface area contributed by atoms with Gasteiger partial charge in [0.25, 0.3) is 0 Å². The quantitative estimate of drug-likeness (QED) is 0.608. The zero-order chi connectivity index (χ0) is 16.2. The molecule has 1 heterocycles. The van der Waals surface area contributed by atoms with Gasteiger partial charge in [0, 0.05) is 22.7 Å². The van der Waals surface area contributed by atoms with Crippen molar-refractivity contribution >= 4 is 40.6 Å². The van der Waals surface area contributed by atoms with Crippen molar-refractivity contribution in [3.63, 3.8) is 0 Å². The number of thiophene rings is 1. The van der Waals surface area contributed by atoms with Gasteiger partial charge in [-0.15, -0.1) is 24.0 Å². The summed E-state index contributed by atoms with van der Waals surface area (Å²) in [5.41, 5.74) is 2.32. The van der Waals surface area contributed by atoms with Crippen LogP contribution >= 0.6 is 24.0 Å². The number of carbonyl (C=O) groups is 1. The largest absolute Gasteiger partial charge is 0.352 e. The predicted molar refractivity (Wildman–Crippen MR) is 101 cm³/mol. The van der Waals surface area contributed by atoms with Gasteiger partial charge in [0.15, 0.2) is 0 Å². The van der Waals surface area contributed by atoms with Crippen molar-refractivity contribution in [2.24, 2.45) is 0 Å². The second kappa shape index (κ2) is 7.20. The monoisotopic (exact) mass is 341 g/mol. The van der Waals surface area contributed by atoms with Crippen molar-refractivity contribution in [3.05, 3.63) is 53.4 Å². The lowest BCUT2D eigenvalue weighted by molar-refractivity contribution is -0.121. The summed E-state index contributed by atoms with van der Waals surface area (Å²) >= 11 is 6.18. The van der Waals surface area contributed by atoms with Crippen molar-refractivity contribution < 1.29 is 4.79 Å². The number of nitrogens with one attached hydrogen (secondary N) is 1. The first-order chi connectivity index (χ1) is 11.2. The molecule has 2 aromatic carbocycles. The summed E-state index contributed by atoms with van der Waals surface area (Å²) in [6.07, 6.45) is 1.43. The van der Waals surface area contributed by atoms with Gasteiger partial charge in [-0.1, -0.05) is 19.1 Å². The highest BCUT2D eigenvalue weighted by Crippen LogP contribution is 2.31. The number of thiol groups is 1. The van der Waals surface area contributed by atoms with E-state index in [4.69, 9.17) is 0 Å². The smallest absolute Gasteiger partial charge is 0.220 e. The third-order valence-electron chi connectivity index (χ3n) is 3.78. The molecular weight excluding hydrogens is 322 g/mol. The Morgan fingerprint density at radius 2 is 2.09 bits per heavy atom.